The summed E-state index contributed by atoms with van der Waals surface area (Å²) >= 11 is 0. The van der Waals surface area contributed by atoms with Gasteiger partial charge in [0.25, 0.3) is 0 Å². The van der Waals surface area contributed by atoms with Crippen LogP contribution in [0.3, 0.4) is 0 Å². The number of nitrogens with zero attached hydrogens (tertiary/aromatic N) is 3. The van der Waals surface area contributed by atoms with Gasteiger partial charge in [0.05, 0.1) is 6.42 Å². The summed E-state index contributed by atoms with van der Waals surface area (Å²) in [6.45, 7) is 4.36. The number of fused-ring (bicyclic) bond motifs is 1. The van der Waals surface area contributed by atoms with E-state index in [1.807, 2.05) is 29.2 Å². The Morgan fingerprint density at radius 3 is 2.60 bits per heavy atom. The van der Waals surface area contributed by atoms with E-state index in [0.717, 1.165) is 49.4 Å². The topological polar surface area (TPSA) is 49.6 Å². The van der Waals surface area contributed by atoms with Crippen LogP contribution in [0.4, 0.5) is 0 Å². The highest BCUT2D eigenvalue weighted by atomic mass is 16.3. The molecule has 0 spiro atoms. The molecule has 1 aliphatic rings. The Morgan fingerprint density at radius 2 is 1.80 bits per heavy atom. The van der Waals surface area contributed by atoms with Crippen LogP contribution in [0.2, 0.25) is 0 Å². The third kappa shape index (κ3) is 3.72. The van der Waals surface area contributed by atoms with Crippen LogP contribution in [0.15, 0.2) is 59.3 Å². The second kappa shape index (κ2) is 7.07. The van der Waals surface area contributed by atoms with Crippen LogP contribution in [-0.4, -0.2) is 46.9 Å². The molecule has 0 saturated carbocycles. The Hall–Kier alpha value is -2.66. The summed E-state index contributed by atoms with van der Waals surface area (Å²) in [5, 5.41) is 0. The van der Waals surface area contributed by atoms with E-state index in [-0.39, 0.29) is 5.91 Å². The summed E-state index contributed by atoms with van der Waals surface area (Å²) in [6, 6.07) is 16.2. The standard InChI is InChI=1S/C20H21N3O2/c24-20(13-17-6-7-18-19(12-17)25-15-21-18)23-10-8-22(9-11-23)14-16-4-2-1-3-5-16/h1-7,12,15H,8-11,13-14H2. The van der Waals surface area contributed by atoms with Crippen molar-refractivity contribution in [1.82, 2.24) is 14.8 Å². The summed E-state index contributed by atoms with van der Waals surface area (Å²) < 4.78 is 5.31. The second-order valence-corrected chi connectivity index (χ2v) is 6.47. The zero-order chi connectivity index (χ0) is 17.1. The molecule has 0 bridgehead atoms. The molecule has 3 aromatic rings. The Labute approximate surface area is 146 Å². The molecule has 0 unspecified atom stereocenters. The number of piperazine rings is 1. The van der Waals surface area contributed by atoms with Gasteiger partial charge in [0.2, 0.25) is 5.91 Å². The molecule has 0 atom stereocenters. The van der Waals surface area contributed by atoms with Gasteiger partial charge in [-0.1, -0.05) is 36.4 Å². The Morgan fingerprint density at radius 1 is 1.00 bits per heavy atom. The van der Waals surface area contributed by atoms with E-state index in [1.165, 1.54) is 12.0 Å². The first kappa shape index (κ1) is 15.8. The molecule has 5 heteroatoms. The van der Waals surface area contributed by atoms with Crippen LogP contribution in [0.25, 0.3) is 11.1 Å². The summed E-state index contributed by atoms with van der Waals surface area (Å²) in [5.74, 6) is 0.179. The number of benzene rings is 2. The zero-order valence-electron chi connectivity index (χ0n) is 14.1. The molecule has 2 heterocycles. The van der Waals surface area contributed by atoms with Gasteiger partial charge in [-0.15, -0.1) is 0 Å². The van der Waals surface area contributed by atoms with Crippen molar-refractivity contribution in [1.29, 1.82) is 0 Å². The minimum Gasteiger partial charge on any atom is -0.443 e. The number of oxazole rings is 1. The molecule has 1 aromatic heterocycles. The predicted molar refractivity (Wildman–Crippen MR) is 96.0 cm³/mol. The third-order valence-electron chi connectivity index (χ3n) is 4.73. The maximum Gasteiger partial charge on any atom is 0.227 e. The van der Waals surface area contributed by atoms with E-state index < -0.39 is 0 Å². The van der Waals surface area contributed by atoms with Crippen LogP contribution in [0.5, 0.6) is 0 Å². The van der Waals surface area contributed by atoms with Gasteiger partial charge >= 0.3 is 0 Å². The third-order valence-corrected chi connectivity index (χ3v) is 4.73. The summed E-state index contributed by atoms with van der Waals surface area (Å²) in [5.41, 5.74) is 3.85. The number of amides is 1. The maximum atomic E-state index is 12.6. The monoisotopic (exact) mass is 335 g/mol. The number of hydrogen-bond acceptors (Lipinski definition) is 4. The molecule has 1 amide bonds. The lowest BCUT2D eigenvalue weighted by Crippen LogP contribution is -2.48. The average Bonchev–Trinajstić information content (AvgIpc) is 3.11. The maximum absolute atomic E-state index is 12.6. The minimum atomic E-state index is 0.179. The molecular formula is C20H21N3O2. The van der Waals surface area contributed by atoms with Crippen LogP contribution in [0, 0.1) is 0 Å². The van der Waals surface area contributed by atoms with Crippen LogP contribution >= 0.6 is 0 Å². The van der Waals surface area contributed by atoms with Crippen molar-refractivity contribution in [2.45, 2.75) is 13.0 Å². The normalized spacial score (nSPS) is 15.6. The quantitative estimate of drug-likeness (QED) is 0.736. The highest BCUT2D eigenvalue weighted by Crippen LogP contribution is 2.16. The van der Waals surface area contributed by atoms with Gasteiger partial charge in [-0.25, -0.2) is 4.98 Å². The molecule has 1 fully saturated rings. The average molecular weight is 335 g/mol. The second-order valence-electron chi connectivity index (χ2n) is 6.47. The molecule has 1 saturated heterocycles. The van der Waals surface area contributed by atoms with E-state index in [0.29, 0.717) is 6.42 Å². The smallest absolute Gasteiger partial charge is 0.227 e. The van der Waals surface area contributed by atoms with Gasteiger partial charge in [0.15, 0.2) is 12.0 Å². The van der Waals surface area contributed by atoms with Crippen molar-refractivity contribution in [3.8, 4) is 0 Å². The Bertz CT molecular complexity index is 852. The Balaban J connectivity index is 1.31. The van der Waals surface area contributed by atoms with Crippen LogP contribution < -0.4 is 0 Å². The van der Waals surface area contributed by atoms with Crippen molar-refractivity contribution in [2.75, 3.05) is 26.2 Å². The number of carbonyl (C=O) groups is 1. The fourth-order valence-electron chi connectivity index (χ4n) is 3.29. The van der Waals surface area contributed by atoms with Crippen molar-refractivity contribution in [2.24, 2.45) is 0 Å². The van der Waals surface area contributed by atoms with Crippen molar-refractivity contribution in [3.63, 3.8) is 0 Å². The van der Waals surface area contributed by atoms with E-state index in [9.17, 15) is 4.79 Å². The predicted octanol–water partition coefficient (Wildman–Crippen LogP) is 2.71. The lowest BCUT2D eigenvalue weighted by Gasteiger charge is -2.34. The Kier molecular flexibility index (Phi) is 4.48. The number of rotatable bonds is 4. The van der Waals surface area contributed by atoms with Crippen molar-refractivity contribution in [3.05, 3.63) is 66.1 Å². The molecular weight excluding hydrogens is 314 g/mol. The van der Waals surface area contributed by atoms with Gasteiger partial charge in [-0.2, -0.15) is 0 Å². The van der Waals surface area contributed by atoms with Gasteiger partial charge in [-0.05, 0) is 23.3 Å². The fourth-order valence-corrected chi connectivity index (χ4v) is 3.29. The SMILES string of the molecule is O=C(Cc1ccc2ncoc2c1)N1CCN(Cc2ccccc2)CC1. The van der Waals surface area contributed by atoms with Crippen molar-refractivity contribution >= 4 is 17.0 Å². The largest absolute Gasteiger partial charge is 0.443 e. The first-order chi connectivity index (χ1) is 12.3. The first-order valence-corrected chi connectivity index (χ1v) is 8.64. The molecule has 1 aliphatic heterocycles. The number of carbonyl (C=O) groups excluding carboxylic acids is 1. The van der Waals surface area contributed by atoms with Gasteiger partial charge in [-0.3, -0.25) is 9.69 Å². The minimum absolute atomic E-state index is 0.179. The van der Waals surface area contributed by atoms with Gasteiger partial charge < -0.3 is 9.32 Å². The molecule has 2 aromatic carbocycles. The molecule has 128 valence electrons. The molecule has 0 N–H and O–H groups in total. The van der Waals surface area contributed by atoms with E-state index in [4.69, 9.17) is 4.42 Å². The van der Waals surface area contributed by atoms with E-state index in [1.54, 1.807) is 0 Å². The molecule has 5 nitrogen and oxygen atoms in total. The van der Waals surface area contributed by atoms with Crippen LogP contribution in [-0.2, 0) is 17.8 Å². The van der Waals surface area contributed by atoms with Gasteiger partial charge in [0, 0.05) is 32.7 Å². The van der Waals surface area contributed by atoms with Crippen LogP contribution in [0.1, 0.15) is 11.1 Å². The highest BCUT2D eigenvalue weighted by molar-refractivity contribution is 5.81. The highest BCUT2D eigenvalue weighted by Gasteiger charge is 2.21. The lowest BCUT2D eigenvalue weighted by atomic mass is 10.1. The zero-order valence-corrected chi connectivity index (χ0v) is 14.1. The molecule has 25 heavy (non-hydrogen) atoms. The fraction of sp³-hybridized carbons (Fsp3) is 0.300. The van der Waals surface area contributed by atoms with Gasteiger partial charge in [0.1, 0.15) is 5.52 Å². The summed E-state index contributed by atoms with van der Waals surface area (Å²) in [7, 11) is 0. The van der Waals surface area contributed by atoms with Crippen molar-refractivity contribution < 1.29 is 9.21 Å². The molecule has 0 radical (unpaired) electrons. The van der Waals surface area contributed by atoms with E-state index in [2.05, 4.69) is 34.1 Å². The number of aromatic nitrogens is 1. The number of hydrogen-bond donors (Lipinski definition) is 0. The van der Waals surface area contributed by atoms with E-state index >= 15 is 0 Å². The summed E-state index contributed by atoms with van der Waals surface area (Å²) in [4.78, 5) is 21.0. The molecule has 0 aliphatic carbocycles. The first-order valence-electron chi connectivity index (χ1n) is 8.64. The molecule has 4 rings (SSSR count). The summed E-state index contributed by atoms with van der Waals surface area (Å²) in [6.07, 6.45) is 1.84. The lowest BCUT2D eigenvalue weighted by molar-refractivity contribution is -0.132.